The molecular weight excluding hydrogens is 282 g/mol. The molecule has 1 aromatic heterocycles. The summed E-state index contributed by atoms with van der Waals surface area (Å²) in [6.45, 7) is 9.67. The summed E-state index contributed by atoms with van der Waals surface area (Å²) in [5, 5.41) is 4.15. The molecule has 0 bridgehead atoms. The quantitative estimate of drug-likeness (QED) is 0.743. The molecule has 1 fully saturated rings. The van der Waals surface area contributed by atoms with Crippen LogP contribution < -0.4 is 10.2 Å². The van der Waals surface area contributed by atoms with Crippen molar-refractivity contribution in [2.45, 2.75) is 51.6 Å². The Morgan fingerprint density at radius 3 is 2.62 bits per heavy atom. The number of nitrogens with zero attached hydrogens (tertiary/aromatic N) is 4. The molecule has 0 aliphatic carbocycles. The summed E-state index contributed by atoms with van der Waals surface area (Å²) < 4.78 is 0. The van der Waals surface area contributed by atoms with Crippen LogP contribution in [-0.4, -0.2) is 40.3 Å². The van der Waals surface area contributed by atoms with Crippen molar-refractivity contribution in [3.05, 3.63) is 0 Å². The van der Waals surface area contributed by atoms with Crippen LogP contribution in [0, 0.1) is 5.92 Å². The van der Waals surface area contributed by atoms with Crippen LogP contribution in [0.4, 0.5) is 11.9 Å². The minimum atomic E-state index is 0.689. The Hall–Kier alpha value is -1.04. The van der Waals surface area contributed by atoms with E-state index in [2.05, 4.69) is 45.9 Å². The highest BCUT2D eigenvalue weighted by atomic mass is 32.2. The second kappa shape index (κ2) is 8.41. The highest BCUT2D eigenvalue weighted by Gasteiger charge is 2.17. The normalized spacial score (nSPS) is 16.2. The second-order valence-corrected chi connectivity index (χ2v) is 6.67. The number of hydrogen-bond donors (Lipinski definition) is 1. The van der Waals surface area contributed by atoms with Gasteiger partial charge in [-0.15, -0.1) is 0 Å². The molecule has 6 heteroatoms. The summed E-state index contributed by atoms with van der Waals surface area (Å²) in [5.41, 5.74) is 0. The number of nitrogens with one attached hydrogen (secondary N) is 1. The zero-order valence-electron chi connectivity index (χ0n) is 13.4. The average Bonchev–Trinajstić information content (AvgIpc) is 3.04. The molecular formula is C15H27N5S. The molecule has 2 rings (SSSR count). The van der Waals surface area contributed by atoms with Gasteiger partial charge in [0.05, 0.1) is 0 Å². The maximum atomic E-state index is 4.66. The van der Waals surface area contributed by atoms with Crippen molar-refractivity contribution in [2.75, 3.05) is 35.6 Å². The summed E-state index contributed by atoms with van der Waals surface area (Å²) in [5.74, 6) is 3.31. The summed E-state index contributed by atoms with van der Waals surface area (Å²) >= 11 is 1.74. The average molecular weight is 309 g/mol. The third-order valence-electron chi connectivity index (χ3n) is 3.72. The Kier molecular flexibility index (Phi) is 6.54. The van der Waals surface area contributed by atoms with Crippen molar-refractivity contribution in [1.82, 2.24) is 15.0 Å². The van der Waals surface area contributed by atoms with Crippen molar-refractivity contribution in [2.24, 2.45) is 5.92 Å². The monoisotopic (exact) mass is 309 g/mol. The number of anilines is 2. The third kappa shape index (κ3) is 5.02. The van der Waals surface area contributed by atoms with Crippen molar-refractivity contribution >= 4 is 23.7 Å². The van der Waals surface area contributed by atoms with Crippen LogP contribution in [0.2, 0.25) is 0 Å². The van der Waals surface area contributed by atoms with E-state index >= 15 is 0 Å². The standard InChI is InChI=1S/C15H27N5S/c1-4-8-16-13-17-14(20-9-6-7-10-20)19-15(18-13)21-11-12(3)5-2/h12H,4-11H2,1-3H3,(H,16,17,18,19). The van der Waals surface area contributed by atoms with Gasteiger partial charge in [0.15, 0.2) is 5.16 Å². The number of thioether (sulfide) groups is 1. The van der Waals surface area contributed by atoms with E-state index in [1.54, 1.807) is 11.8 Å². The lowest BCUT2D eigenvalue weighted by Crippen LogP contribution is -2.22. The molecule has 5 nitrogen and oxygen atoms in total. The van der Waals surface area contributed by atoms with Crippen LogP contribution in [0.25, 0.3) is 0 Å². The topological polar surface area (TPSA) is 53.9 Å². The van der Waals surface area contributed by atoms with Crippen molar-refractivity contribution in [3.63, 3.8) is 0 Å². The van der Waals surface area contributed by atoms with Gasteiger partial charge < -0.3 is 10.2 Å². The van der Waals surface area contributed by atoms with Crippen molar-refractivity contribution in [3.8, 4) is 0 Å². The molecule has 1 unspecified atom stereocenters. The van der Waals surface area contributed by atoms with E-state index in [0.717, 1.165) is 48.9 Å². The summed E-state index contributed by atoms with van der Waals surface area (Å²) in [6.07, 6.45) is 4.73. The van der Waals surface area contributed by atoms with Gasteiger partial charge in [-0.05, 0) is 25.2 Å². The number of rotatable bonds is 8. The van der Waals surface area contributed by atoms with E-state index < -0.39 is 0 Å². The lowest BCUT2D eigenvalue weighted by Gasteiger charge is -2.17. The van der Waals surface area contributed by atoms with E-state index in [-0.39, 0.29) is 0 Å². The first-order valence-corrected chi connectivity index (χ1v) is 9.09. The molecule has 21 heavy (non-hydrogen) atoms. The zero-order chi connectivity index (χ0) is 15.1. The molecule has 1 atom stereocenters. The molecule has 0 radical (unpaired) electrons. The molecule has 1 N–H and O–H groups in total. The van der Waals surface area contributed by atoms with E-state index in [9.17, 15) is 0 Å². The smallest absolute Gasteiger partial charge is 0.231 e. The molecule has 1 aliphatic rings. The molecule has 0 spiro atoms. The van der Waals surface area contributed by atoms with E-state index in [1.165, 1.54) is 19.3 Å². The fourth-order valence-corrected chi connectivity index (χ4v) is 3.09. The van der Waals surface area contributed by atoms with E-state index in [4.69, 9.17) is 0 Å². The first-order chi connectivity index (χ1) is 10.2. The molecule has 2 heterocycles. The van der Waals surface area contributed by atoms with Gasteiger partial charge in [0, 0.05) is 25.4 Å². The van der Waals surface area contributed by atoms with Crippen LogP contribution >= 0.6 is 11.8 Å². The molecule has 0 aromatic carbocycles. The van der Waals surface area contributed by atoms with Gasteiger partial charge in [0.2, 0.25) is 11.9 Å². The van der Waals surface area contributed by atoms with Gasteiger partial charge in [-0.1, -0.05) is 39.0 Å². The lowest BCUT2D eigenvalue weighted by atomic mass is 10.2. The van der Waals surface area contributed by atoms with Crippen LogP contribution in [0.3, 0.4) is 0 Å². The second-order valence-electron chi connectivity index (χ2n) is 5.69. The first kappa shape index (κ1) is 16.3. The third-order valence-corrected chi connectivity index (χ3v) is 4.90. The highest BCUT2D eigenvalue weighted by molar-refractivity contribution is 7.99. The zero-order valence-corrected chi connectivity index (χ0v) is 14.2. The van der Waals surface area contributed by atoms with Gasteiger partial charge in [0.1, 0.15) is 0 Å². The number of aromatic nitrogens is 3. The van der Waals surface area contributed by atoms with Crippen LogP contribution in [0.5, 0.6) is 0 Å². The Bertz CT molecular complexity index is 434. The lowest BCUT2D eigenvalue weighted by molar-refractivity contribution is 0.635. The molecule has 0 amide bonds. The molecule has 1 aromatic rings. The predicted molar refractivity (Wildman–Crippen MR) is 90.2 cm³/mol. The van der Waals surface area contributed by atoms with Crippen molar-refractivity contribution < 1.29 is 0 Å². The van der Waals surface area contributed by atoms with Crippen LogP contribution in [0.1, 0.15) is 46.5 Å². The molecule has 118 valence electrons. The maximum absolute atomic E-state index is 4.66. The van der Waals surface area contributed by atoms with Gasteiger partial charge in [-0.25, -0.2) is 0 Å². The Morgan fingerprint density at radius 1 is 1.19 bits per heavy atom. The summed E-state index contributed by atoms with van der Waals surface area (Å²) in [4.78, 5) is 16.1. The SMILES string of the molecule is CCCNc1nc(SCC(C)CC)nc(N2CCCC2)n1. The predicted octanol–water partition coefficient (Wildman–Crippen LogP) is 3.43. The van der Waals surface area contributed by atoms with Gasteiger partial charge >= 0.3 is 0 Å². The van der Waals surface area contributed by atoms with E-state index in [0.29, 0.717) is 5.92 Å². The molecule has 0 saturated carbocycles. The molecule has 1 saturated heterocycles. The number of hydrogen-bond acceptors (Lipinski definition) is 6. The summed E-state index contributed by atoms with van der Waals surface area (Å²) in [6, 6.07) is 0. The van der Waals surface area contributed by atoms with Crippen LogP contribution in [0.15, 0.2) is 5.16 Å². The Morgan fingerprint density at radius 2 is 1.95 bits per heavy atom. The Balaban J connectivity index is 2.11. The van der Waals surface area contributed by atoms with Gasteiger partial charge in [-0.2, -0.15) is 15.0 Å². The maximum Gasteiger partial charge on any atom is 0.231 e. The van der Waals surface area contributed by atoms with E-state index in [1.807, 2.05) is 0 Å². The largest absolute Gasteiger partial charge is 0.354 e. The van der Waals surface area contributed by atoms with Crippen molar-refractivity contribution in [1.29, 1.82) is 0 Å². The van der Waals surface area contributed by atoms with Gasteiger partial charge in [0.25, 0.3) is 0 Å². The molecule has 1 aliphatic heterocycles. The first-order valence-electron chi connectivity index (χ1n) is 8.10. The fraction of sp³-hybridized carbons (Fsp3) is 0.800. The van der Waals surface area contributed by atoms with Crippen LogP contribution in [-0.2, 0) is 0 Å². The minimum absolute atomic E-state index is 0.689. The Labute approximate surface area is 132 Å². The summed E-state index contributed by atoms with van der Waals surface area (Å²) in [7, 11) is 0. The minimum Gasteiger partial charge on any atom is -0.354 e. The highest BCUT2D eigenvalue weighted by Crippen LogP contribution is 2.23. The fourth-order valence-electron chi connectivity index (χ4n) is 2.12. The van der Waals surface area contributed by atoms with Gasteiger partial charge in [-0.3, -0.25) is 0 Å².